The van der Waals surface area contributed by atoms with E-state index in [9.17, 15) is 0 Å². The first-order chi connectivity index (χ1) is 6.57. The zero-order chi connectivity index (χ0) is 10.7. The highest BCUT2D eigenvalue weighted by Crippen LogP contribution is 2.22. The van der Waals surface area contributed by atoms with Crippen molar-refractivity contribution < 1.29 is 4.74 Å². The van der Waals surface area contributed by atoms with Crippen molar-refractivity contribution in [1.29, 1.82) is 0 Å². The monoisotopic (exact) mass is 196 g/mol. The number of aromatic nitrogens is 2. The van der Waals surface area contributed by atoms with Crippen LogP contribution in [0, 0.1) is 13.8 Å². The second-order valence-corrected chi connectivity index (χ2v) is 3.96. The van der Waals surface area contributed by atoms with Gasteiger partial charge in [-0.2, -0.15) is 5.10 Å². The number of aryl methyl sites for hydroxylation is 1. The Morgan fingerprint density at radius 1 is 1.36 bits per heavy atom. The molecule has 0 saturated carbocycles. The molecule has 0 aromatic carbocycles. The van der Waals surface area contributed by atoms with Gasteiger partial charge in [0.05, 0.1) is 18.8 Å². The predicted molar refractivity (Wildman–Crippen MR) is 57.7 cm³/mol. The molecule has 0 aliphatic carbocycles. The third kappa shape index (κ3) is 2.15. The van der Waals surface area contributed by atoms with Crippen LogP contribution in [0.1, 0.15) is 36.7 Å². The molecular formula is C11H20N2O. The summed E-state index contributed by atoms with van der Waals surface area (Å²) in [5.74, 6) is 0.547. The molecule has 0 bridgehead atoms. The highest BCUT2D eigenvalue weighted by Gasteiger charge is 2.13. The number of hydrogen-bond acceptors (Lipinski definition) is 2. The Bertz CT molecular complexity index is 302. The molecule has 0 aliphatic heterocycles. The quantitative estimate of drug-likeness (QED) is 0.738. The van der Waals surface area contributed by atoms with Crippen molar-refractivity contribution in [2.75, 3.05) is 13.7 Å². The lowest BCUT2D eigenvalue weighted by atomic mass is 10.0. The number of ether oxygens (including phenoxy) is 1. The van der Waals surface area contributed by atoms with E-state index in [0.29, 0.717) is 5.92 Å². The average molecular weight is 196 g/mol. The lowest BCUT2D eigenvalue weighted by molar-refractivity contribution is 0.182. The molecule has 0 radical (unpaired) electrons. The van der Waals surface area contributed by atoms with Gasteiger partial charge in [-0.25, -0.2) is 0 Å². The van der Waals surface area contributed by atoms with E-state index in [4.69, 9.17) is 4.74 Å². The van der Waals surface area contributed by atoms with Crippen LogP contribution in [0.5, 0.6) is 0 Å². The van der Waals surface area contributed by atoms with Gasteiger partial charge in [-0.05, 0) is 25.3 Å². The highest BCUT2D eigenvalue weighted by molar-refractivity contribution is 5.27. The second-order valence-electron chi connectivity index (χ2n) is 3.96. The first kappa shape index (κ1) is 11.2. The number of methoxy groups -OCH3 is 1. The van der Waals surface area contributed by atoms with E-state index in [-0.39, 0.29) is 0 Å². The van der Waals surface area contributed by atoms with Crippen LogP contribution < -0.4 is 0 Å². The maximum Gasteiger partial charge on any atom is 0.0658 e. The molecule has 0 fully saturated rings. The summed E-state index contributed by atoms with van der Waals surface area (Å²) < 4.78 is 7.09. The molecule has 3 heteroatoms. The number of nitrogens with zero attached hydrogens (tertiary/aromatic N) is 2. The van der Waals surface area contributed by atoms with E-state index in [2.05, 4.69) is 32.8 Å². The normalized spacial score (nSPS) is 11.3. The van der Waals surface area contributed by atoms with E-state index < -0.39 is 0 Å². The molecule has 1 aromatic heterocycles. The van der Waals surface area contributed by atoms with Gasteiger partial charge in [0, 0.05) is 12.8 Å². The van der Waals surface area contributed by atoms with Gasteiger partial charge >= 0.3 is 0 Å². The van der Waals surface area contributed by atoms with Crippen molar-refractivity contribution in [3.8, 4) is 0 Å². The molecular weight excluding hydrogens is 176 g/mol. The zero-order valence-electron chi connectivity index (χ0n) is 9.79. The van der Waals surface area contributed by atoms with E-state index >= 15 is 0 Å². The van der Waals surface area contributed by atoms with Crippen LogP contribution in [0.2, 0.25) is 0 Å². The summed E-state index contributed by atoms with van der Waals surface area (Å²) in [7, 11) is 1.72. The Morgan fingerprint density at radius 3 is 2.43 bits per heavy atom. The Balaban J connectivity index is 2.92. The zero-order valence-corrected chi connectivity index (χ0v) is 9.79. The molecule has 0 amide bonds. The lowest BCUT2D eigenvalue weighted by Gasteiger charge is -2.06. The van der Waals surface area contributed by atoms with Gasteiger partial charge in [0.15, 0.2) is 0 Å². The lowest BCUT2D eigenvalue weighted by Crippen LogP contribution is -2.07. The summed E-state index contributed by atoms with van der Waals surface area (Å²) in [5, 5.41) is 4.51. The summed E-state index contributed by atoms with van der Waals surface area (Å²) in [6, 6.07) is 0. The summed E-state index contributed by atoms with van der Waals surface area (Å²) in [6.07, 6.45) is 0. The van der Waals surface area contributed by atoms with Gasteiger partial charge in [0.2, 0.25) is 0 Å². The Labute approximate surface area is 86.1 Å². The third-order valence-electron chi connectivity index (χ3n) is 2.52. The molecule has 0 atom stereocenters. The van der Waals surface area contributed by atoms with E-state index in [0.717, 1.165) is 18.8 Å². The van der Waals surface area contributed by atoms with Crippen molar-refractivity contribution in [3.63, 3.8) is 0 Å². The number of hydrogen-bond donors (Lipinski definition) is 0. The van der Waals surface area contributed by atoms with Crippen LogP contribution >= 0.6 is 0 Å². The maximum atomic E-state index is 5.05. The Hall–Kier alpha value is -0.830. The van der Waals surface area contributed by atoms with Crippen LogP contribution in [-0.4, -0.2) is 23.5 Å². The fourth-order valence-electron chi connectivity index (χ4n) is 1.94. The molecule has 14 heavy (non-hydrogen) atoms. The molecule has 0 N–H and O–H groups in total. The minimum absolute atomic E-state index is 0.547. The molecule has 3 nitrogen and oxygen atoms in total. The van der Waals surface area contributed by atoms with Crippen LogP contribution in [0.3, 0.4) is 0 Å². The summed E-state index contributed by atoms with van der Waals surface area (Å²) in [6.45, 7) is 10.2. The van der Waals surface area contributed by atoms with Crippen LogP contribution in [0.4, 0.5) is 0 Å². The average Bonchev–Trinajstić information content (AvgIpc) is 2.38. The van der Waals surface area contributed by atoms with Crippen molar-refractivity contribution in [1.82, 2.24) is 9.78 Å². The first-order valence-corrected chi connectivity index (χ1v) is 5.10. The minimum Gasteiger partial charge on any atom is -0.383 e. The smallest absolute Gasteiger partial charge is 0.0658 e. The Morgan fingerprint density at radius 2 is 2.00 bits per heavy atom. The SMILES string of the molecule is COCCn1nc(C)c(C(C)C)c1C. The molecule has 0 spiro atoms. The molecule has 80 valence electrons. The van der Waals surface area contributed by atoms with Crippen molar-refractivity contribution in [2.45, 2.75) is 40.2 Å². The van der Waals surface area contributed by atoms with Crippen molar-refractivity contribution >= 4 is 0 Å². The second kappa shape index (κ2) is 4.60. The van der Waals surface area contributed by atoms with E-state index in [1.54, 1.807) is 7.11 Å². The van der Waals surface area contributed by atoms with Crippen LogP contribution in [0.15, 0.2) is 0 Å². The molecule has 1 rings (SSSR count). The summed E-state index contributed by atoms with van der Waals surface area (Å²) in [5.41, 5.74) is 3.80. The van der Waals surface area contributed by atoms with Crippen molar-refractivity contribution in [3.05, 3.63) is 17.0 Å². The molecule has 1 aromatic rings. The van der Waals surface area contributed by atoms with E-state index in [1.807, 2.05) is 4.68 Å². The summed E-state index contributed by atoms with van der Waals surface area (Å²) in [4.78, 5) is 0. The topological polar surface area (TPSA) is 27.1 Å². The predicted octanol–water partition coefficient (Wildman–Crippen LogP) is 2.27. The van der Waals surface area contributed by atoms with Crippen LogP contribution in [0.25, 0.3) is 0 Å². The Kier molecular flexibility index (Phi) is 3.69. The van der Waals surface area contributed by atoms with Gasteiger partial charge in [-0.3, -0.25) is 4.68 Å². The van der Waals surface area contributed by atoms with Gasteiger partial charge in [0.25, 0.3) is 0 Å². The molecule has 0 saturated heterocycles. The van der Waals surface area contributed by atoms with Gasteiger partial charge in [-0.15, -0.1) is 0 Å². The molecule has 1 heterocycles. The standard InChI is InChI=1S/C11H20N2O/c1-8(2)11-9(3)12-13(10(11)4)6-7-14-5/h8H,6-7H2,1-5H3. The third-order valence-corrected chi connectivity index (χ3v) is 2.52. The number of rotatable bonds is 4. The van der Waals surface area contributed by atoms with Crippen molar-refractivity contribution in [2.24, 2.45) is 0 Å². The largest absolute Gasteiger partial charge is 0.383 e. The molecule has 0 unspecified atom stereocenters. The first-order valence-electron chi connectivity index (χ1n) is 5.10. The molecule has 0 aliphatic rings. The van der Waals surface area contributed by atoms with Crippen LogP contribution in [-0.2, 0) is 11.3 Å². The maximum absolute atomic E-state index is 5.05. The fraction of sp³-hybridized carbons (Fsp3) is 0.727. The van der Waals surface area contributed by atoms with Gasteiger partial charge in [0.1, 0.15) is 0 Å². The summed E-state index contributed by atoms with van der Waals surface area (Å²) >= 11 is 0. The van der Waals surface area contributed by atoms with E-state index in [1.165, 1.54) is 11.3 Å². The highest BCUT2D eigenvalue weighted by atomic mass is 16.5. The fourth-order valence-corrected chi connectivity index (χ4v) is 1.94. The minimum atomic E-state index is 0.547. The van der Waals surface area contributed by atoms with Gasteiger partial charge < -0.3 is 4.74 Å². The van der Waals surface area contributed by atoms with Gasteiger partial charge in [-0.1, -0.05) is 13.8 Å².